The van der Waals surface area contributed by atoms with Gasteiger partial charge in [-0.25, -0.2) is 4.79 Å². The minimum absolute atomic E-state index is 0.224. The highest BCUT2D eigenvalue weighted by Crippen LogP contribution is 2.48. The third-order valence-corrected chi connectivity index (χ3v) is 5.56. The molecule has 4 heteroatoms. The topological polar surface area (TPSA) is 58.6 Å². The van der Waals surface area contributed by atoms with Crippen molar-refractivity contribution >= 4 is 11.5 Å². The lowest BCUT2D eigenvalue weighted by Gasteiger charge is -2.30. The Kier molecular flexibility index (Phi) is 3.22. The van der Waals surface area contributed by atoms with Crippen molar-refractivity contribution in [3.05, 3.63) is 64.7 Å². The van der Waals surface area contributed by atoms with Gasteiger partial charge in [-0.3, -0.25) is 0 Å². The van der Waals surface area contributed by atoms with Gasteiger partial charge in [0.1, 0.15) is 17.1 Å². The van der Waals surface area contributed by atoms with Crippen LogP contribution in [0.15, 0.2) is 48.0 Å². The fraction of sp³-hybridized carbons (Fsp3) is 0.286. The Balaban J connectivity index is 1.77. The van der Waals surface area contributed by atoms with E-state index in [0.29, 0.717) is 17.8 Å². The van der Waals surface area contributed by atoms with E-state index in [1.807, 2.05) is 30.3 Å². The minimum atomic E-state index is -0.953. The average Bonchev–Trinajstić information content (AvgIpc) is 2.96. The van der Waals surface area contributed by atoms with Crippen molar-refractivity contribution in [3.63, 3.8) is 0 Å². The molecule has 3 aliphatic heterocycles. The minimum Gasteiger partial charge on any atom is -0.478 e. The molecule has 3 heterocycles. The molecule has 0 aromatic heterocycles. The molecule has 2 atom stereocenters. The van der Waals surface area contributed by atoms with Gasteiger partial charge in [0.25, 0.3) is 0 Å². The molecular weight excluding hydrogens is 314 g/mol. The molecule has 2 aromatic carbocycles. The van der Waals surface area contributed by atoms with E-state index in [9.17, 15) is 9.90 Å². The maximum absolute atomic E-state index is 11.7. The first-order chi connectivity index (χ1) is 12.2. The van der Waals surface area contributed by atoms with Gasteiger partial charge in [-0.05, 0) is 43.4 Å². The predicted molar refractivity (Wildman–Crippen MR) is 95.1 cm³/mol. The van der Waals surface area contributed by atoms with E-state index < -0.39 is 5.97 Å². The van der Waals surface area contributed by atoms with Crippen LogP contribution in [0.2, 0.25) is 0 Å². The van der Waals surface area contributed by atoms with E-state index in [-0.39, 0.29) is 5.56 Å². The van der Waals surface area contributed by atoms with Gasteiger partial charge in [-0.2, -0.15) is 0 Å². The number of hydrogen-bond donors (Lipinski definition) is 2. The molecule has 2 aromatic rings. The smallest absolute Gasteiger partial charge is 0.339 e. The number of hydrogen-bond acceptors (Lipinski definition) is 3. The average molecular weight is 333 g/mol. The summed E-state index contributed by atoms with van der Waals surface area (Å²) in [6.45, 7) is 0. The number of ether oxygens (including phenoxy) is 1. The molecule has 0 amide bonds. The second-order valence-electron chi connectivity index (χ2n) is 7.11. The van der Waals surface area contributed by atoms with E-state index in [4.69, 9.17) is 4.74 Å². The molecule has 0 radical (unpaired) electrons. The molecule has 3 aliphatic rings. The molecule has 126 valence electrons. The lowest BCUT2D eigenvalue weighted by molar-refractivity contribution is 0.0694. The number of nitrogens with one attached hydrogen (secondary N) is 1. The van der Waals surface area contributed by atoms with Crippen LogP contribution in [0, 0.1) is 0 Å². The molecule has 2 saturated heterocycles. The van der Waals surface area contributed by atoms with Crippen LogP contribution in [0.1, 0.15) is 47.2 Å². The molecule has 25 heavy (non-hydrogen) atoms. The van der Waals surface area contributed by atoms with Crippen LogP contribution in [0.4, 0.5) is 0 Å². The van der Waals surface area contributed by atoms with Crippen molar-refractivity contribution in [3.8, 4) is 11.5 Å². The fourth-order valence-corrected chi connectivity index (χ4v) is 4.52. The second-order valence-corrected chi connectivity index (χ2v) is 7.11. The summed E-state index contributed by atoms with van der Waals surface area (Å²) in [7, 11) is 0. The third-order valence-electron chi connectivity index (χ3n) is 5.56. The zero-order chi connectivity index (χ0) is 17.0. The molecular formula is C21H19NO3. The van der Waals surface area contributed by atoms with Crippen molar-refractivity contribution in [2.75, 3.05) is 0 Å². The number of rotatable bonds is 1. The Morgan fingerprint density at radius 3 is 2.48 bits per heavy atom. The van der Waals surface area contributed by atoms with Crippen LogP contribution < -0.4 is 10.1 Å². The number of carboxylic acids is 1. The number of para-hydroxylation sites is 2. The monoisotopic (exact) mass is 333 g/mol. The molecule has 0 aliphatic carbocycles. The van der Waals surface area contributed by atoms with E-state index in [1.165, 1.54) is 24.0 Å². The summed E-state index contributed by atoms with van der Waals surface area (Å²) >= 11 is 0. The highest BCUT2D eigenvalue weighted by atomic mass is 16.5. The summed E-state index contributed by atoms with van der Waals surface area (Å²) in [6, 6.07) is 14.5. The fourth-order valence-electron chi connectivity index (χ4n) is 4.52. The first kappa shape index (κ1) is 14.7. The van der Waals surface area contributed by atoms with Crippen molar-refractivity contribution in [2.24, 2.45) is 0 Å². The highest BCUT2D eigenvalue weighted by Gasteiger charge is 2.35. The van der Waals surface area contributed by atoms with Gasteiger partial charge in [0.2, 0.25) is 0 Å². The highest BCUT2D eigenvalue weighted by molar-refractivity contribution is 5.98. The van der Waals surface area contributed by atoms with Crippen LogP contribution in [-0.4, -0.2) is 23.2 Å². The van der Waals surface area contributed by atoms with E-state index in [1.54, 1.807) is 6.07 Å². The summed E-state index contributed by atoms with van der Waals surface area (Å²) in [5, 5.41) is 13.3. The maximum Gasteiger partial charge on any atom is 0.339 e. The van der Waals surface area contributed by atoms with Crippen LogP contribution in [0.3, 0.4) is 0 Å². The standard InChI is InChI=1S/C21H19NO3/c23-21(24)17-6-3-5-16-19(12-10-13-8-9-14(11-12)22-13)15-4-1-2-7-18(15)25-20(16)17/h1-7,13-14,22H,8-11H2,(H,23,24). The molecule has 5 rings (SSSR count). The van der Waals surface area contributed by atoms with Gasteiger partial charge in [-0.15, -0.1) is 0 Å². The van der Waals surface area contributed by atoms with Gasteiger partial charge in [-0.1, -0.05) is 35.9 Å². The van der Waals surface area contributed by atoms with E-state index in [2.05, 4.69) is 11.4 Å². The van der Waals surface area contributed by atoms with E-state index >= 15 is 0 Å². The summed E-state index contributed by atoms with van der Waals surface area (Å²) < 4.78 is 6.03. The van der Waals surface area contributed by atoms with Gasteiger partial charge in [0.05, 0.1) is 0 Å². The van der Waals surface area contributed by atoms with Crippen LogP contribution in [-0.2, 0) is 0 Å². The molecule has 2 N–H and O–H groups in total. The Bertz CT molecular complexity index is 901. The number of carbonyl (C=O) groups is 1. The zero-order valence-electron chi connectivity index (χ0n) is 13.8. The second kappa shape index (κ2) is 5.46. The number of benzene rings is 2. The lowest BCUT2D eigenvalue weighted by atomic mass is 9.84. The summed E-state index contributed by atoms with van der Waals surface area (Å²) in [5.41, 5.74) is 4.81. The normalized spacial score (nSPS) is 23.7. The zero-order valence-corrected chi connectivity index (χ0v) is 13.8. The van der Waals surface area contributed by atoms with Crippen LogP contribution >= 0.6 is 0 Å². The SMILES string of the molecule is O=C(O)c1cccc2c1Oc1ccccc1C2=C1CC2CCC(C1)N2. The largest absolute Gasteiger partial charge is 0.478 e. The number of fused-ring (bicyclic) bond motifs is 4. The predicted octanol–water partition coefficient (Wildman–Crippen LogP) is 4.21. The first-order valence-electron chi connectivity index (χ1n) is 8.82. The Morgan fingerprint density at radius 1 is 1.00 bits per heavy atom. The summed E-state index contributed by atoms with van der Waals surface area (Å²) in [6.07, 6.45) is 4.50. The quantitative estimate of drug-likeness (QED) is 0.700. The van der Waals surface area contributed by atoms with Gasteiger partial charge in [0.15, 0.2) is 0 Å². The van der Waals surface area contributed by atoms with Crippen molar-refractivity contribution in [1.82, 2.24) is 5.32 Å². The Morgan fingerprint density at radius 2 is 1.72 bits per heavy atom. The van der Waals surface area contributed by atoms with Crippen LogP contribution in [0.5, 0.6) is 11.5 Å². The van der Waals surface area contributed by atoms with Crippen molar-refractivity contribution < 1.29 is 14.6 Å². The van der Waals surface area contributed by atoms with Gasteiger partial charge in [0, 0.05) is 23.2 Å². The molecule has 0 spiro atoms. The molecule has 2 unspecified atom stereocenters. The molecule has 2 bridgehead atoms. The summed E-state index contributed by atoms with van der Waals surface area (Å²) in [4.78, 5) is 11.7. The first-order valence-corrected chi connectivity index (χ1v) is 8.82. The maximum atomic E-state index is 11.7. The van der Waals surface area contributed by atoms with E-state index in [0.717, 1.165) is 29.7 Å². The molecule has 2 fully saturated rings. The Hall–Kier alpha value is -2.59. The van der Waals surface area contributed by atoms with Gasteiger partial charge < -0.3 is 15.2 Å². The van der Waals surface area contributed by atoms with Crippen LogP contribution in [0.25, 0.3) is 5.57 Å². The molecule has 4 nitrogen and oxygen atoms in total. The molecule has 0 saturated carbocycles. The Labute approximate surface area is 146 Å². The lowest BCUT2D eigenvalue weighted by Crippen LogP contribution is -2.35. The third kappa shape index (κ3) is 2.29. The van der Waals surface area contributed by atoms with Crippen molar-refractivity contribution in [2.45, 2.75) is 37.8 Å². The summed E-state index contributed by atoms with van der Waals surface area (Å²) in [5.74, 6) is 0.269. The number of aromatic carboxylic acids is 1. The number of carboxylic acid groups (broad SMARTS) is 1. The number of piperidine rings is 1. The van der Waals surface area contributed by atoms with Gasteiger partial charge >= 0.3 is 5.97 Å². The van der Waals surface area contributed by atoms with Crippen molar-refractivity contribution in [1.29, 1.82) is 0 Å².